The van der Waals surface area contributed by atoms with Gasteiger partial charge in [-0.05, 0) is 31.3 Å². The number of fused-ring (bicyclic) bond motifs is 1. The molecule has 0 bridgehead atoms. The van der Waals surface area contributed by atoms with E-state index in [1.807, 2.05) is 44.4 Å². The normalized spacial score (nSPS) is 11.0. The van der Waals surface area contributed by atoms with Crippen molar-refractivity contribution in [2.24, 2.45) is 0 Å². The van der Waals surface area contributed by atoms with Gasteiger partial charge in [0.25, 0.3) is 0 Å². The van der Waals surface area contributed by atoms with Gasteiger partial charge in [-0.3, -0.25) is 0 Å². The largest absolute Gasteiger partial charge is 0.467 e. The molecule has 0 amide bonds. The standard InChI is InChI=1S/C17H19N3O/c1-18-11-14-10-13-6-3-4-8-16(13)19-17(14)20(2)12-15-7-5-9-21-15/h3-10,18H,11-12H2,1-2H3. The molecule has 1 N–H and O–H groups in total. The molecule has 4 nitrogen and oxygen atoms in total. The summed E-state index contributed by atoms with van der Waals surface area (Å²) >= 11 is 0. The van der Waals surface area contributed by atoms with Gasteiger partial charge in [0.1, 0.15) is 11.6 Å². The zero-order valence-corrected chi connectivity index (χ0v) is 12.3. The zero-order chi connectivity index (χ0) is 14.7. The van der Waals surface area contributed by atoms with Gasteiger partial charge < -0.3 is 14.6 Å². The second kappa shape index (κ2) is 5.97. The van der Waals surface area contributed by atoms with Crippen molar-refractivity contribution < 1.29 is 4.42 Å². The van der Waals surface area contributed by atoms with E-state index in [1.54, 1.807) is 6.26 Å². The molecule has 0 saturated heterocycles. The summed E-state index contributed by atoms with van der Waals surface area (Å²) < 4.78 is 5.43. The summed E-state index contributed by atoms with van der Waals surface area (Å²) in [7, 11) is 3.99. The maximum atomic E-state index is 5.43. The minimum atomic E-state index is 0.703. The van der Waals surface area contributed by atoms with Crippen LogP contribution in [0.2, 0.25) is 0 Å². The van der Waals surface area contributed by atoms with Crippen LogP contribution in [0.5, 0.6) is 0 Å². The number of pyridine rings is 1. The number of nitrogens with one attached hydrogen (secondary N) is 1. The number of hydrogen-bond acceptors (Lipinski definition) is 4. The highest BCUT2D eigenvalue weighted by molar-refractivity contribution is 5.81. The van der Waals surface area contributed by atoms with Gasteiger partial charge in [0.05, 0.1) is 18.3 Å². The van der Waals surface area contributed by atoms with Gasteiger partial charge in [0.2, 0.25) is 0 Å². The van der Waals surface area contributed by atoms with Crippen molar-refractivity contribution in [1.29, 1.82) is 0 Å². The molecule has 3 aromatic rings. The quantitative estimate of drug-likeness (QED) is 0.780. The molecule has 108 valence electrons. The van der Waals surface area contributed by atoms with E-state index in [0.717, 1.165) is 29.0 Å². The first-order chi connectivity index (χ1) is 10.3. The molecule has 0 aliphatic carbocycles. The van der Waals surface area contributed by atoms with Gasteiger partial charge in [-0.25, -0.2) is 4.98 Å². The molecule has 21 heavy (non-hydrogen) atoms. The van der Waals surface area contributed by atoms with Crippen LogP contribution >= 0.6 is 0 Å². The lowest BCUT2D eigenvalue weighted by molar-refractivity contribution is 0.506. The first-order valence-electron chi connectivity index (χ1n) is 7.04. The van der Waals surface area contributed by atoms with Crippen molar-refractivity contribution in [3.8, 4) is 0 Å². The second-order valence-electron chi connectivity index (χ2n) is 5.13. The molecule has 3 rings (SSSR count). The summed E-state index contributed by atoms with van der Waals surface area (Å²) in [6, 6.07) is 14.3. The van der Waals surface area contributed by atoms with Gasteiger partial charge in [-0.15, -0.1) is 0 Å². The van der Waals surface area contributed by atoms with Crippen LogP contribution in [0.3, 0.4) is 0 Å². The molecular formula is C17H19N3O. The highest BCUT2D eigenvalue weighted by Crippen LogP contribution is 2.24. The number of para-hydroxylation sites is 1. The number of furan rings is 1. The van der Waals surface area contributed by atoms with Gasteiger partial charge >= 0.3 is 0 Å². The Kier molecular flexibility index (Phi) is 3.88. The Labute approximate surface area is 124 Å². The van der Waals surface area contributed by atoms with Crippen LogP contribution in [0.25, 0.3) is 10.9 Å². The van der Waals surface area contributed by atoms with E-state index in [4.69, 9.17) is 9.40 Å². The number of hydrogen-bond donors (Lipinski definition) is 1. The van der Waals surface area contributed by atoms with Crippen molar-refractivity contribution in [3.63, 3.8) is 0 Å². The molecule has 0 radical (unpaired) electrons. The van der Waals surface area contributed by atoms with Crippen molar-refractivity contribution in [2.45, 2.75) is 13.1 Å². The summed E-state index contributed by atoms with van der Waals surface area (Å²) in [6.07, 6.45) is 1.70. The molecule has 0 atom stereocenters. The average Bonchev–Trinajstić information content (AvgIpc) is 2.99. The molecule has 0 aliphatic rings. The molecular weight excluding hydrogens is 262 g/mol. The minimum absolute atomic E-state index is 0.703. The molecule has 0 aliphatic heterocycles. The Morgan fingerprint density at radius 1 is 1.19 bits per heavy atom. The predicted molar refractivity (Wildman–Crippen MR) is 85.3 cm³/mol. The van der Waals surface area contributed by atoms with E-state index in [9.17, 15) is 0 Å². The minimum Gasteiger partial charge on any atom is -0.467 e. The lowest BCUT2D eigenvalue weighted by Gasteiger charge is -2.21. The van der Waals surface area contributed by atoms with Gasteiger partial charge in [-0.1, -0.05) is 18.2 Å². The predicted octanol–water partition coefficient (Wildman–Crippen LogP) is 3.18. The smallest absolute Gasteiger partial charge is 0.133 e. The fourth-order valence-electron chi connectivity index (χ4n) is 2.51. The van der Waals surface area contributed by atoms with Crippen LogP contribution in [0.1, 0.15) is 11.3 Å². The van der Waals surface area contributed by atoms with Crippen molar-refractivity contribution >= 4 is 16.7 Å². The Balaban J connectivity index is 1.99. The molecule has 0 fully saturated rings. The Morgan fingerprint density at radius 3 is 2.81 bits per heavy atom. The van der Waals surface area contributed by atoms with Crippen molar-refractivity contribution in [1.82, 2.24) is 10.3 Å². The molecule has 2 heterocycles. The SMILES string of the molecule is CNCc1cc2ccccc2nc1N(C)Cc1ccco1. The molecule has 2 aromatic heterocycles. The first kappa shape index (κ1) is 13.6. The summed E-state index contributed by atoms with van der Waals surface area (Å²) in [5, 5.41) is 4.38. The zero-order valence-electron chi connectivity index (χ0n) is 12.3. The molecule has 0 spiro atoms. The third kappa shape index (κ3) is 2.90. The van der Waals surface area contributed by atoms with Crippen LogP contribution in [-0.2, 0) is 13.1 Å². The summed E-state index contributed by atoms with van der Waals surface area (Å²) in [4.78, 5) is 6.94. The number of nitrogens with zero attached hydrogens (tertiary/aromatic N) is 2. The summed E-state index contributed by atoms with van der Waals surface area (Å²) in [5.41, 5.74) is 2.20. The lowest BCUT2D eigenvalue weighted by Crippen LogP contribution is -2.20. The van der Waals surface area contributed by atoms with E-state index in [2.05, 4.69) is 22.3 Å². The Bertz CT molecular complexity index is 722. The topological polar surface area (TPSA) is 41.3 Å². The monoisotopic (exact) mass is 281 g/mol. The van der Waals surface area contributed by atoms with E-state index in [-0.39, 0.29) is 0 Å². The fourth-order valence-corrected chi connectivity index (χ4v) is 2.51. The maximum absolute atomic E-state index is 5.43. The number of aromatic nitrogens is 1. The van der Waals surface area contributed by atoms with Crippen LogP contribution in [0, 0.1) is 0 Å². The van der Waals surface area contributed by atoms with Crippen LogP contribution in [-0.4, -0.2) is 19.1 Å². The summed E-state index contributed by atoms with van der Waals surface area (Å²) in [5.74, 6) is 1.92. The van der Waals surface area contributed by atoms with Gasteiger partial charge in [-0.2, -0.15) is 0 Å². The van der Waals surface area contributed by atoms with E-state index >= 15 is 0 Å². The lowest BCUT2D eigenvalue weighted by atomic mass is 10.1. The van der Waals surface area contributed by atoms with Crippen LogP contribution in [0.15, 0.2) is 53.1 Å². The number of anilines is 1. The van der Waals surface area contributed by atoms with E-state index in [1.165, 1.54) is 5.56 Å². The van der Waals surface area contributed by atoms with Crippen LogP contribution in [0.4, 0.5) is 5.82 Å². The Morgan fingerprint density at radius 2 is 2.05 bits per heavy atom. The second-order valence-corrected chi connectivity index (χ2v) is 5.13. The third-order valence-electron chi connectivity index (χ3n) is 3.48. The maximum Gasteiger partial charge on any atom is 0.133 e. The highest BCUT2D eigenvalue weighted by Gasteiger charge is 2.12. The molecule has 0 unspecified atom stereocenters. The number of benzene rings is 1. The van der Waals surface area contributed by atoms with Crippen LogP contribution < -0.4 is 10.2 Å². The summed E-state index contributed by atoms with van der Waals surface area (Å²) in [6.45, 7) is 1.49. The average molecular weight is 281 g/mol. The van der Waals surface area contributed by atoms with E-state index in [0.29, 0.717) is 6.54 Å². The Hall–Kier alpha value is -2.33. The van der Waals surface area contributed by atoms with Crippen molar-refractivity contribution in [3.05, 3.63) is 60.1 Å². The molecule has 1 aromatic carbocycles. The third-order valence-corrected chi connectivity index (χ3v) is 3.48. The molecule has 0 saturated carbocycles. The van der Waals surface area contributed by atoms with E-state index < -0.39 is 0 Å². The molecule has 4 heteroatoms. The van der Waals surface area contributed by atoms with Gasteiger partial charge in [0.15, 0.2) is 0 Å². The van der Waals surface area contributed by atoms with Gasteiger partial charge in [0, 0.05) is 24.5 Å². The first-order valence-corrected chi connectivity index (χ1v) is 7.04. The highest BCUT2D eigenvalue weighted by atomic mass is 16.3. The fraction of sp³-hybridized carbons (Fsp3) is 0.235. The van der Waals surface area contributed by atoms with Crippen molar-refractivity contribution in [2.75, 3.05) is 19.0 Å². The number of rotatable bonds is 5.